The van der Waals surface area contributed by atoms with E-state index in [-0.39, 0.29) is 23.9 Å². The number of amides is 1. The van der Waals surface area contributed by atoms with Gasteiger partial charge in [0.05, 0.1) is 12.6 Å². The van der Waals surface area contributed by atoms with Crippen LogP contribution in [0.25, 0.3) is 0 Å². The fourth-order valence-corrected chi connectivity index (χ4v) is 4.98. The van der Waals surface area contributed by atoms with E-state index in [0.717, 1.165) is 12.8 Å². The van der Waals surface area contributed by atoms with Gasteiger partial charge in [0.1, 0.15) is 18.4 Å². The van der Waals surface area contributed by atoms with E-state index in [1.165, 1.54) is 11.9 Å². The molecule has 1 spiro atoms. The molecule has 2 unspecified atom stereocenters. The van der Waals surface area contributed by atoms with Gasteiger partial charge in [-0.2, -0.15) is 0 Å². The van der Waals surface area contributed by atoms with Gasteiger partial charge < -0.3 is 19.3 Å². The number of nitrogens with zero attached hydrogens (tertiary/aromatic N) is 4. The van der Waals surface area contributed by atoms with E-state index in [1.807, 2.05) is 23.1 Å². The minimum atomic E-state index is -0.758. The van der Waals surface area contributed by atoms with Crippen LogP contribution in [0.2, 0.25) is 0 Å². The van der Waals surface area contributed by atoms with Gasteiger partial charge in [-0.1, -0.05) is 30.3 Å². The van der Waals surface area contributed by atoms with E-state index >= 15 is 0 Å². The molecular weight excluding hydrogens is 396 g/mol. The fraction of sp³-hybridized carbons (Fsp3) is 0.478. The molecule has 162 valence electrons. The van der Waals surface area contributed by atoms with Crippen molar-refractivity contribution in [3.8, 4) is 0 Å². The minimum absolute atomic E-state index is 0.0881. The Morgan fingerprint density at radius 1 is 1.19 bits per heavy atom. The summed E-state index contributed by atoms with van der Waals surface area (Å²) < 4.78 is 11.4. The van der Waals surface area contributed by atoms with Gasteiger partial charge in [-0.05, 0) is 25.3 Å². The summed E-state index contributed by atoms with van der Waals surface area (Å²) in [6.45, 7) is 3.31. The Balaban J connectivity index is 1.29. The van der Waals surface area contributed by atoms with Crippen molar-refractivity contribution in [1.29, 1.82) is 0 Å². The second-order valence-electron chi connectivity index (χ2n) is 8.25. The van der Waals surface area contributed by atoms with Crippen molar-refractivity contribution in [3.63, 3.8) is 0 Å². The summed E-state index contributed by atoms with van der Waals surface area (Å²) in [7, 11) is 0. The average molecular weight is 422 g/mol. The molecule has 4 heterocycles. The van der Waals surface area contributed by atoms with Gasteiger partial charge in [-0.3, -0.25) is 4.79 Å². The van der Waals surface area contributed by atoms with E-state index < -0.39 is 11.6 Å². The van der Waals surface area contributed by atoms with E-state index in [1.54, 1.807) is 13.0 Å². The van der Waals surface area contributed by atoms with Crippen LogP contribution in [0, 0.1) is 0 Å². The van der Waals surface area contributed by atoms with E-state index in [4.69, 9.17) is 9.47 Å². The maximum atomic E-state index is 13.5. The minimum Gasteiger partial charge on any atom is -0.461 e. The molecule has 3 aliphatic rings. The number of aromatic nitrogens is 2. The quantitative estimate of drug-likeness (QED) is 0.701. The summed E-state index contributed by atoms with van der Waals surface area (Å²) in [6.07, 6.45) is 4.23. The monoisotopic (exact) mass is 422 g/mol. The lowest BCUT2D eigenvalue weighted by atomic mass is 9.89. The van der Waals surface area contributed by atoms with Gasteiger partial charge in [-0.15, -0.1) is 0 Å². The lowest BCUT2D eigenvalue weighted by Gasteiger charge is -2.38. The van der Waals surface area contributed by atoms with Crippen LogP contribution in [0.3, 0.4) is 0 Å². The molecule has 1 aromatic carbocycles. The maximum absolute atomic E-state index is 13.5. The highest BCUT2D eigenvalue weighted by Gasteiger charge is 2.57. The standard InChI is InChI=1S/C23H26N4O4/c1-2-30-21(28)17-14-19(25-15-24-17)26-12-10-23(11-13-26)22(29)27-18(8-9-20(27)31-23)16-6-4-3-5-7-16/h3-7,14-15,18,20H,2,8-13H2,1H3. The van der Waals surface area contributed by atoms with Crippen molar-refractivity contribution in [2.24, 2.45) is 0 Å². The van der Waals surface area contributed by atoms with Gasteiger partial charge in [0.25, 0.3) is 5.91 Å². The van der Waals surface area contributed by atoms with Gasteiger partial charge in [0.15, 0.2) is 11.3 Å². The topological polar surface area (TPSA) is 84.9 Å². The first kappa shape index (κ1) is 19.9. The zero-order chi connectivity index (χ0) is 21.4. The zero-order valence-corrected chi connectivity index (χ0v) is 17.6. The second kappa shape index (κ2) is 7.92. The number of fused-ring (bicyclic) bond motifs is 1. The number of ether oxygens (including phenoxy) is 2. The Bertz CT molecular complexity index is 975. The molecule has 3 fully saturated rings. The summed E-state index contributed by atoms with van der Waals surface area (Å²) in [5.41, 5.74) is 0.654. The van der Waals surface area contributed by atoms with Crippen LogP contribution in [-0.2, 0) is 14.3 Å². The van der Waals surface area contributed by atoms with Crippen molar-refractivity contribution < 1.29 is 19.1 Å². The number of hydrogen-bond acceptors (Lipinski definition) is 7. The van der Waals surface area contributed by atoms with Crippen LogP contribution in [-0.4, -0.2) is 58.3 Å². The summed E-state index contributed by atoms with van der Waals surface area (Å²) in [4.78, 5) is 37.9. The first-order chi connectivity index (χ1) is 15.1. The number of carbonyl (C=O) groups is 2. The summed E-state index contributed by atoms with van der Waals surface area (Å²) >= 11 is 0. The van der Waals surface area contributed by atoms with Crippen LogP contribution in [0.15, 0.2) is 42.7 Å². The third kappa shape index (κ3) is 3.44. The second-order valence-corrected chi connectivity index (χ2v) is 8.25. The van der Waals surface area contributed by atoms with Gasteiger partial charge in [0.2, 0.25) is 0 Å². The Labute approximate surface area is 181 Å². The largest absolute Gasteiger partial charge is 0.461 e. The van der Waals surface area contributed by atoms with Gasteiger partial charge in [0, 0.05) is 32.0 Å². The molecule has 8 nitrogen and oxygen atoms in total. The average Bonchev–Trinajstić information content (AvgIpc) is 3.33. The molecule has 0 aliphatic carbocycles. The molecule has 2 aromatic rings. The van der Waals surface area contributed by atoms with Crippen LogP contribution < -0.4 is 4.90 Å². The summed E-state index contributed by atoms with van der Waals surface area (Å²) in [5, 5.41) is 0. The van der Waals surface area contributed by atoms with Crippen molar-refractivity contribution >= 4 is 17.7 Å². The van der Waals surface area contributed by atoms with E-state index in [9.17, 15) is 9.59 Å². The van der Waals surface area contributed by atoms with Crippen molar-refractivity contribution in [2.45, 2.75) is 50.5 Å². The highest BCUT2D eigenvalue weighted by molar-refractivity contribution is 5.89. The third-order valence-corrected chi connectivity index (χ3v) is 6.54. The first-order valence-electron chi connectivity index (χ1n) is 10.9. The fourth-order valence-electron chi connectivity index (χ4n) is 4.98. The van der Waals surface area contributed by atoms with Gasteiger partial charge >= 0.3 is 5.97 Å². The maximum Gasteiger partial charge on any atom is 0.357 e. The smallest absolute Gasteiger partial charge is 0.357 e. The van der Waals surface area contributed by atoms with Crippen molar-refractivity contribution in [3.05, 3.63) is 54.0 Å². The Morgan fingerprint density at radius 2 is 1.97 bits per heavy atom. The molecule has 8 heteroatoms. The van der Waals surface area contributed by atoms with E-state index in [0.29, 0.717) is 38.4 Å². The molecule has 0 radical (unpaired) electrons. The number of rotatable bonds is 4. The molecule has 3 saturated heterocycles. The number of hydrogen-bond donors (Lipinski definition) is 0. The third-order valence-electron chi connectivity index (χ3n) is 6.54. The Morgan fingerprint density at radius 3 is 2.71 bits per heavy atom. The normalized spacial score (nSPS) is 24.5. The van der Waals surface area contributed by atoms with Crippen LogP contribution >= 0.6 is 0 Å². The number of esters is 1. The number of benzene rings is 1. The van der Waals surface area contributed by atoms with Crippen molar-refractivity contribution in [2.75, 3.05) is 24.6 Å². The highest BCUT2D eigenvalue weighted by atomic mass is 16.6. The molecule has 0 saturated carbocycles. The van der Waals surface area contributed by atoms with Gasteiger partial charge in [-0.25, -0.2) is 14.8 Å². The molecule has 31 heavy (non-hydrogen) atoms. The Kier molecular flexibility index (Phi) is 5.09. The molecule has 5 rings (SSSR count). The molecule has 0 N–H and O–H groups in total. The van der Waals surface area contributed by atoms with Crippen LogP contribution in [0.1, 0.15) is 54.7 Å². The van der Waals surface area contributed by atoms with Crippen LogP contribution in [0.5, 0.6) is 0 Å². The number of anilines is 1. The van der Waals surface area contributed by atoms with Crippen molar-refractivity contribution in [1.82, 2.24) is 14.9 Å². The molecule has 1 amide bonds. The molecule has 3 aliphatic heterocycles. The molecule has 0 bridgehead atoms. The predicted octanol–water partition coefficient (Wildman–Crippen LogP) is 2.71. The number of piperidine rings is 1. The predicted molar refractivity (Wildman–Crippen MR) is 112 cm³/mol. The zero-order valence-electron chi connectivity index (χ0n) is 17.6. The highest BCUT2D eigenvalue weighted by Crippen LogP contribution is 2.47. The lowest BCUT2D eigenvalue weighted by Crippen LogP contribution is -2.50. The molecule has 1 aromatic heterocycles. The molecule has 2 atom stereocenters. The molecular formula is C23H26N4O4. The van der Waals surface area contributed by atoms with E-state index in [2.05, 4.69) is 27.0 Å². The Hall–Kier alpha value is -3.00. The summed E-state index contributed by atoms with van der Waals surface area (Å²) in [6, 6.07) is 11.9. The lowest BCUT2D eigenvalue weighted by molar-refractivity contribution is -0.140. The first-order valence-corrected chi connectivity index (χ1v) is 10.9. The summed E-state index contributed by atoms with van der Waals surface area (Å²) in [5.74, 6) is 0.320. The van der Waals surface area contributed by atoms with Crippen LogP contribution in [0.4, 0.5) is 5.82 Å². The number of carbonyl (C=O) groups excluding carboxylic acids is 2. The SMILES string of the molecule is CCOC(=O)c1cc(N2CCC3(CC2)OC2CCC(c4ccccc4)N2C3=O)ncn1.